The lowest BCUT2D eigenvalue weighted by atomic mass is 10.0. The number of benzene rings is 1. The maximum Gasteiger partial charge on any atom is 0.243 e. The van der Waals surface area contributed by atoms with Gasteiger partial charge in [-0.1, -0.05) is 12.5 Å². The molecular formula is C15H24N2O2S. The molecule has 0 spiro atoms. The molecule has 0 amide bonds. The number of piperidine rings is 1. The summed E-state index contributed by atoms with van der Waals surface area (Å²) in [6.07, 6.45) is 2.96. The van der Waals surface area contributed by atoms with Gasteiger partial charge in [0.1, 0.15) is 0 Å². The maximum absolute atomic E-state index is 12.9. The number of hydrogen-bond acceptors (Lipinski definition) is 3. The van der Waals surface area contributed by atoms with Gasteiger partial charge in [-0.3, -0.25) is 0 Å². The van der Waals surface area contributed by atoms with E-state index in [1.165, 1.54) is 0 Å². The van der Waals surface area contributed by atoms with Gasteiger partial charge in [0.15, 0.2) is 0 Å². The summed E-state index contributed by atoms with van der Waals surface area (Å²) in [5.41, 5.74) is 7.56. The van der Waals surface area contributed by atoms with E-state index in [4.69, 9.17) is 5.73 Å². The predicted molar refractivity (Wildman–Crippen MR) is 80.9 cm³/mol. The van der Waals surface area contributed by atoms with Crippen molar-refractivity contribution in [2.24, 2.45) is 5.73 Å². The normalized spacial score (nSPS) is 24.8. The van der Waals surface area contributed by atoms with E-state index in [0.717, 1.165) is 30.4 Å². The maximum atomic E-state index is 12.9. The van der Waals surface area contributed by atoms with Gasteiger partial charge in [-0.15, -0.1) is 0 Å². The molecule has 5 heteroatoms. The Kier molecular flexibility index (Phi) is 4.52. The highest BCUT2D eigenvalue weighted by molar-refractivity contribution is 7.89. The Labute approximate surface area is 122 Å². The molecule has 2 rings (SSSR count). The summed E-state index contributed by atoms with van der Waals surface area (Å²) in [6.45, 7) is 6.33. The van der Waals surface area contributed by atoms with Crippen LogP contribution in [-0.2, 0) is 16.6 Å². The molecule has 1 aliphatic rings. The quantitative estimate of drug-likeness (QED) is 0.931. The van der Waals surface area contributed by atoms with Crippen LogP contribution in [0.1, 0.15) is 44.2 Å². The molecule has 0 saturated carbocycles. The number of nitrogens with zero attached hydrogens (tertiary/aromatic N) is 1. The van der Waals surface area contributed by atoms with E-state index >= 15 is 0 Å². The first kappa shape index (κ1) is 15.5. The topological polar surface area (TPSA) is 63.4 Å². The molecular weight excluding hydrogens is 272 g/mol. The van der Waals surface area contributed by atoms with Crippen LogP contribution in [0, 0.1) is 6.92 Å². The fourth-order valence-corrected chi connectivity index (χ4v) is 5.02. The van der Waals surface area contributed by atoms with Gasteiger partial charge in [-0.05, 0) is 56.9 Å². The number of aryl methyl sites for hydroxylation is 1. The highest BCUT2D eigenvalue weighted by Gasteiger charge is 2.35. The zero-order chi connectivity index (χ0) is 14.9. The average Bonchev–Trinajstić information content (AvgIpc) is 2.38. The second-order valence-electron chi connectivity index (χ2n) is 5.76. The van der Waals surface area contributed by atoms with Gasteiger partial charge in [-0.25, -0.2) is 8.42 Å². The van der Waals surface area contributed by atoms with Gasteiger partial charge in [0.2, 0.25) is 10.0 Å². The lowest BCUT2D eigenvalue weighted by Gasteiger charge is -2.37. The van der Waals surface area contributed by atoms with Crippen molar-refractivity contribution < 1.29 is 8.42 Å². The van der Waals surface area contributed by atoms with Gasteiger partial charge in [-0.2, -0.15) is 4.31 Å². The molecule has 1 heterocycles. The fourth-order valence-electron chi connectivity index (χ4n) is 3.05. The van der Waals surface area contributed by atoms with Gasteiger partial charge in [0.25, 0.3) is 0 Å². The van der Waals surface area contributed by atoms with Crippen LogP contribution >= 0.6 is 0 Å². The predicted octanol–water partition coefficient (Wildman–Crippen LogP) is 2.41. The Morgan fingerprint density at radius 2 is 1.85 bits per heavy atom. The third kappa shape index (κ3) is 2.75. The van der Waals surface area contributed by atoms with E-state index < -0.39 is 10.0 Å². The number of rotatable bonds is 3. The molecule has 1 aliphatic heterocycles. The first-order valence-corrected chi connectivity index (χ1v) is 8.65. The Morgan fingerprint density at radius 3 is 2.35 bits per heavy atom. The van der Waals surface area contributed by atoms with Crippen LogP contribution in [0.5, 0.6) is 0 Å². The minimum Gasteiger partial charge on any atom is -0.326 e. The van der Waals surface area contributed by atoms with E-state index in [1.807, 2.05) is 26.8 Å². The first-order valence-electron chi connectivity index (χ1n) is 7.21. The van der Waals surface area contributed by atoms with Gasteiger partial charge >= 0.3 is 0 Å². The van der Waals surface area contributed by atoms with Crippen LogP contribution in [0.2, 0.25) is 0 Å². The molecule has 0 bridgehead atoms. The summed E-state index contributed by atoms with van der Waals surface area (Å²) in [5, 5.41) is 0. The van der Waals surface area contributed by atoms with Crippen molar-refractivity contribution in [2.75, 3.05) is 0 Å². The molecule has 2 N–H and O–H groups in total. The molecule has 0 unspecified atom stereocenters. The van der Waals surface area contributed by atoms with Crippen molar-refractivity contribution in [3.63, 3.8) is 0 Å². The SMILES string of the molecule is Cc1cc(S(=O)(=O)N2[C@H](C)CCC[C@@H]2C)ccc1CN. The summed E-state index contributed by atoms with van der Waals surface area (Å²) in [6, 6.07) is 5.38. The second-order valence-corrected chi connectivity index (χ2v) is 7.60. The third-order valence-corrected chi connectivity index (χ3v) is 6.35. The molecule has 0 radical (unpaired) electrons. The lowest BCUT2D eigenvalue weighted by Crippen LogP contribution is -2.47. The number of nitrogens with two attached hydrogens (primary N) is 1. The molecule has 4 nitrogen and oxygen atoms in total. The summed E-state index contributed by atoms with van der Waals surface area (Å²) in [4.78, 5) is 0.382. The van der Waals surface area contributed by atoms with E-state index in [9.17, 15) is 8.42 Å². The second kappa shape index (κ2) is 5.84. The average molecular weight is 296 g/mol. The molecule has 0 aromatic heterocycles. The highest BCUT2D eigenvalue weighted by Crippen LogP contribution is 2.30. The van der Waals surface area contributed by atoms with Gasteiger partial charge in [0, 0.05) is 18.6 Å². The Hall–Kier alpha value is -0.910. The van der Waals surface area contributed by atoms with Crippen LogP contribution in [0.25, 0.3) is 0 Å². The van der Waals surface area contributed by atoms with Gasteiger partial charge < -0.3 is 5.73 Å². The summed E-state index contributed by atoms with van der Waals surface area (Å²) < 4.78 is 27.4. The largest absolute Gasteiger partial charge is 0.326 e. The van der Waals surface area contributed by atoms with E-state index in [1.54, 1.807) is 16.4 Å². The lowest BCUT2D eigenvalue weighted by molar-refractivity contribution is 0.204. The zero-order valence-corrected chi connectivity index (χ0v) is 13.3. The van der Waals surface area contributed by atoms with Crippen molar-refractivity contribution in [3.05, 3.63) is 29.3 Å². The molecule has 1 aromatic carbocycles. The molecule has 2 atom stereocenters. The summed E-state index contributed by atoms with van der Waals surface area (Å²) >= 11 is 0. The number of sulfonamides is 1. The van der Waals surface area contributed by atoms with E-state index in [0.29, 0.717) is 11.4 Å². The molecule has 20 heavy (non-hydrogen) atoms. The van der Waals surface area contributed by atoms with Crippen molar-refractivity contribution in [1.29, 1.82) is 0 Å². The Balaban J connectivity index is 2.41. The summed E-state index contributed by atoms with van der Waals surface area (Å²) in [7, 11) is -3.42. The number of hydrogen-bond donors (Lipinski definition) is 1. The fraction of sp³-hybridized carbons (Fsp3) is 0.600. The van der Waals surface area contributed by atoms with Crippen LogP contribution in [-0.4, -0.2) is 24.8 Å². The van der Waals surface area contributed by atoms with Crippen LogP contribution in [0.15, 0.2) is 23.1 Å². The van der Waals surface area contributed by atoms with E-state index in [2.05, 4.69) is 0 Å². The molecule has 0 aliphatic carbocycles. The summed E-state index contributed by atoms with van der Waals surface area (Å²) in [5.74, 6) is 0. The molecule has 112 valence electrons. The van der Waals surface area contributed by atoms with Crippen molar-refractivity contribution in [1.82, 2.24) is 4.31 Å². The zero-order valence-electron chi connectivity index (χ0n) is 12.5. The molecule has 1 saturated heterocycles. The monoisotopic (exact) mass is 296 g/mol. The highest BCUT2D eigenvalue weighted by atomic mass is 32.2. The minimum atomic E-state index is -3.42. The minimum absolute atomic E-state index is 0.0678. The van der Waals surface area contributed by atoms with Crippen LogP contribution in [0.3, 0.4) is 0 Å². The Bertz CT molecular complexity index is 574. The van der Waals surface area contributed by atoms with Crippen molar-refractivity contribution >= 4 is 10.0 Å². The molecule has 1 fully saturated rings. The van der Waals surface area contributed by atoms with Gasteiger partial charge in [0.05, 0.1) is 4.90 Å². The third-order valence-electron chi connectivity index (χ3n) is 4.22. The smallest absolute Gasteiger partial charge is 0.243 e. The van der Waals surface area contributed by atoms with E-state index in [-0.39, 0.29) is 12.1 Å². The Morgan fingerprint density at radius 1 is 1.25 bits per heavy atom. The van der Waals surface area contributed by atoms with Crippen LogP contribution in [0.4, 0.5) is 0 Å². The van der Waals surface area contributed by atoms with Crippen molar-refractivity contribution in [3.8, 4) is 0 Å². The van der Waals surface area contributed by atoms with Crippen molar-refractivity contribution in [2.45, 2.75) is 63.6 Å². The van der Waals surface area contributed by atoms with Crippen LogP contribution < -0.4 is 5.73 Å². The first-order chi connectivity index (χ1) is 9.37. The standard InChI is InChI=1S/C15H24N2O2S/c1-11-9-15(8-7-14(11)10-16)20(18,19)17-12(2)5-4-6-13(17)3/h7-9,12-13H,4-6,10,16H2,1-3H3/t12-,13+. The molecule has 1 aromatic rings.